The van der Waals surface area contributed by atoms with Gasteiger partial charge in [0.25, 0.3) is 0 Å². The van der Waals surface area contributed by atoms with E-state index in [2.05, 4.69) is 33.5 Å². The SMILES string of the molecule is Nc1ccc2nc(Nc3ccc4c(c3)CCC4)[nH]c2c1. The molecule has 1 aliphatic carbocycles. The molecule has 0 saturated carbocycles. The summed E-state index contributed by atoms with van der Waals surface area (Å²) in [7, 11) is 0. The van der Waals surface area contributed by atoms with Crippen molar-refractivity contribution in [3.63, 3.8) is 0 Å². The number of aromatic nitrogens is 2. The van der Waals surface area contributed by atoms with Crippen LogP contribution >= 0.6 is 0 Å². The molecule has 4 nitrogen and oxygen atoms in total. The van der Waals surface area contributed by atoms with E-state index < -0.39 is 0 Å². The van der Waals surface area contributed by atoms with Crippen molar-refractivity contribution in [3.8, 4) is 0 Å². The number of benzene rings is 2. The number of nitrogens with zero attached hydrogens (tertiary/aromatic N) is 1. The Bertz CT molecular complexity index is 788. The molecule has 0 aliphatic heterocycles. The minimum Gasteiger partial charge on any atom is -0.399 e. The lowest BCUT2D eigenvalue weighted by atomic mass is 10.1. The fourth-order valence-corrected chi connectivity index (χ4v) is 2.87. The molecule has 1 aromatic heterocycles. The minimum absolute atomic E-state index is 0.741. The molecule has 4 heteroatoms. The van der Waals surface area contributed by atoms with E-state index in [4.69, 9.17) is 5.73 Å². The third kappa shape index (κ3) is 1.90. The molecule has 20 heavy (non-hydrogen) atoms. The molecule has 1 heterocycles. The van der Waals surface area contributed by atoms with Gasteiger partial charge < -0.3 is 16.0 Å². The molecule has 0 unspecified atom stereocenters. The van der Waals surface area contributed by atoms with Crippen molar-refractivity contribution in [3.05, 3.63) is 47.5 Å². The molecule has 0 radical (unpaired) electrons. The molecule has 2 aromatic carbocycles. The Kier molecular flexibility index (Phi) is 2.42. The number of hydrogen-bond acceptors (Lipinski definition) is 3. The molecule has 4 rings (SSSR count). The van der Waals surface area contributed by atoms with Crippen LogP contribution in [0.5, 0.6) is 0 Å². The van der Waals surface area contributed by atoms with Crippen LogP contribution in [0.2, 0.25) is 0 Å². The molecule has 0 bridgehead atoms. The van der Waals surface area contributed by atoms with E-state index in [1.54, 1.807) is 0 Å². The second-order valence-corrected chi connectivity index (χ2v) is 5.32. The second kappa shape index (κ2) is 4.27. The van der Waals surface area contributed by atoms with Gasteiger partial charge in [-0.1, -0.05) is 6.07 Å². The fraction of sp³-hybridized carbons (Fsp3) is 0.188. The van der Waals surface area contributed by atoms with Gasteiger partial charge in [-0.15, -0.1) is 0 Å². The lowest BCUT2D eigenvalue weighted by Gasteiger charge is -2.05. The van der Waals surface area contributed by atoms with Crippen molar-refractivity contribution in [1.82, 2.24) is 9.97 Å². The van der Waals surface area contributed by atoms with E-state index in [0.29, 0.717) is 0 Å². The summed E-state index contributed by atoms with van der Waals surface area (Å²) in [5, 5.41) is 3.34. The lowest BCUT2D eigenvalue weighted by Crippen LogP contribution is -1.93. The van der Waals surface area contributed by atoms with Crippen molar-refractivity contribution in [2.75, 3.05) is 11.1 Å². The number of anilines is 3. The first-order chi connectivity index (χ1) is 9.78. The number of aromatic amines is 1. The number of aryl methyl sites for hydroxylation is 2. The third-order valence-electron chi connectivity index (χ3n) is 3.87. The number of nitrogens with one attached hydrogen (secondary N) is 2. The smallest absolute Gasteiger partial charge is 0.205 e. The number of rotatable bonds is 2. The van der Waals surface area contributed by atoms with Crippen molar-refractivity contribution >= 4 is 28.4 Å². The second-order valence-electron chi connectivity index (χ2n) is 5.32. The first-order valence-electron chi connectivity index (χ1n) is 6.92. The van der Waals surface area contributed by atoms with Crippen LogP contribution in [0.25, 0.3) is 11.0 Å². The molecular formula is C16H16N4. The van der Waals surface area contributed by atoms with Gasteiger partial charge >= 0.3 is 0 Å². The van der Waals surface area contributed by atoms with Crippen molar-refractivity contribution < 1.29 is 0 Å². The standard InChI is InChI=1S/C16H16N4/c17-12-5-7-14-15(9-12)20-16(19-14)18-13-6-4-10-2-1-3-11(10)8-13/h4-9H,1-3,17H2,(H2,18,19,20). The highest BCUT2D eigenvalue weighted by molar-refractivity contribution is 5.81. The van der Waals surface area contributed by atoms with Crippen LogP contribution in [0.4, 0.5) is 17.3 Å². The Hall–Kier alpha value is -2.49. The highest BCUT2D eigenvalue weighted by atomic mass is 15.1. The summed E-state index contributed by atoms with van der Waals surface area (Å²) in [6.45, 7) is 0. The summed E-state index contributed by atoms with van der Waals surface area (Å²) >= 11 is 0. The first-order valence-corrected chi connectivity index (χ1v) is 6.92. The van der Waals surface area contributed by atoms with E-state index in [1.165, 1.54) is 30.4 Å². The number of fused-ring (bicyclic) bond motifs is 2. The van der Waals surface area contributed by atoms with Crippen molar-refractivity contribution in [1.29, 1.82) is 0 Å². The Morgan fingerprint density at radius 1 is 1.05 bits per heavy atom. The Morgan fingerprint density at radius 2 is 1.95 bits per heavy atom. The first kappa shape index (κ1) is 11.3. The largest absolute Gasteiger partial charge is 0.399 e. The Labute approximate surface area is 117 Å². The van der Waals surface area contributed by atoms with Gasteiger partial charge in [0.15, 0.2) is 0 Å². The van der Waals surface area contributed by atoms with Gasteiger partial charge in [0.1, 0.15) is 0 Å². The van der Waals surface area contributed by atoms with Crippen LogP contribution in [-0.2, 0) is 12.8 Å². The van der Waals surface area contributed by atoms with Crippen LogP contribution in [0.15, 0.2) is 36.4 Å². The Balaban J connectivity index is 1.66. The molecule has 0 spiro atoms. The summed E-state index contributed by atoms with van der Waals surface area (Å²) in [6.07, 6.45) is 3.66. The zero-order valence-corrected chi connectivity index (χ0v) is 11.1. The van der Waals surface area contributed by atoms with Gasteiger partial charge in [-0.3, -0.25) is 0 Å². The molecule has 0 fully saturated rings. The molecule has 4 N–H and O–H groups in total. The molecule has 1 aliphatic rings. The Morgan fingerprint density at radius 3 is 2.90 bits per heavy atom. The van der Waals surface area contributed by atoms with Crippen molar-refractivity contribution in [2.24, 2.45) is 0 Å². The quantitative estimate of drug-likeness (QED) is 0.622. The molecule has 100 valence electrons. The number of hydrogen-bond donors (Lipinski definition) is 3. The topological polar surface area (TPSA) is 66.7 Å². The summed E-state index contributed by atoms with van der Waals surface area (Å²) in [5.41, 5.74) is 12.4. The maximum Gasteiger partial charge on any atom is 0.205 e. The van der Waals surface area contributed by atoms with Crippen LogP contribution in [0.3, 0.4) is 0 Å². The maximum atomic E-state index is 5.78. The summed E-state index contributed by atoms with van der Waals surface area (Å²) in [4.78, 5) is 7.77. The molecule has 0 atom stereocenters. The van der Waals surface area contributed by atoms with E-state index in [0.717, 1.165) is 28.4 Å². The number of nitrogen functional groups attached to an aromatic ring is 1. The van der Waals surface area contributed by atoms with Crippen LogP contribution in [-0.4, -0.2) is 9.97 Å². The zero-order chi connectivity index (χ0) is 13.5. The van der Waals surface area contributed by atoms with Gasteiger partial charge in [0.05, 0.1) is 11.0 Å². The van der Waals surface area contributed by atoms with E-state index in [9.17, 15) is 0 Å². The predicted octanol–water partition coefficient (Wildman–Crippen LogP) is 3.38. The normalized spacial score (nSPS) is 13.6. The summed E-state index contributed by atoms with van der Waals surface area (Å²) in [6, 6.07) is 12.2. The van der Waals surface area contributed by atoms with Gasteiger partial charge in [0, 0.05) is 11.4 Å². The van der Waals surface area contributed by atoms with Crippen LogP contribution < -0.4 is 11.1 Å². The summed E-state index contributed by atoms with van der Waals surface area (Å²) < 4.78 is 0. The van der Waals surface area contributed by atoms with Crippen LogP contribution in [0, 0.1) is 0 Å². The highest BCUT2D eigenvalue weighted by Gasteiger charge is 2.11. The van der Waals surface area contributed by atoms with Crippen molar-refractivity contribution in [2.45, 2.75) is 19.3 Å². The fourth-order valence-electron chi connectivity index (χ4n) is 2.87. The van der Waals surface area contributed by atoms with Gasteiger partial charge in [-0.05, 0) is 60.7 Å². The molecule has 0 saturated heterocycles. The van der Waals surface area contributed by atoms with E-state index >= 15 is 0 Å². The zero-order valence-electron chi connectivity index (χ0n) is 11.1. The molecule has 0 amide bonds. The summed E-state index contributed by atoms with van der Waals surface area (Å²) in [5.74, 6) is 0.753. The maximum absolute atomic E-state index is 5.78. The molecule has 3 aromatic rings. The average Bonchev–Trinajstić information content (AvgIpc) is 3.03. The third-order valence-corrected chi connectivity index (χ3v) is 3.87. The van der Waals surface area contributed by atoms with E-state index in [1.807, 2.05) is 18.2 Å². The monoisotopic (exact) mass is 264 g/mol. The minimum atomic E-state index is 0.741. The number of H-pyrrole nitrogens is 1. The average molecular weight is 264 g/mol. The predicted molar refractivity (Wildman–Crippen MR) is 82.3 cm³/mol. The molecular weight excluding hydrogens is 248 g/mol. The van der Waals surface area contributed by atoms with Gasteiger partial charge in [-0.25, -0.2) is 4.98 Å². The van der Waals surface area contributed by atoms with E-state index in [-0.39, 0.29) is 0 Å². The lowest BCUT2D eigenvalue weighted by molar-refractivity contribution is 0.912. The van der Waals surface area contributed by atoms with Gasteiger partial charge in [-0.2, -0.15) is 0 Å². The van der Waals surface area contributed by atoms with Crippen LogP contribution in [0.1, 0.15) is 17.5 Å². The van der Waals surface area contributed by atoms with Gasteiger partial charge in [0.2, 0.25) is 5.95 Å². The number of imidazole rings is 1. The highest BCUT2D eigenvalue weighted by Crippen LogP contribution is 2.26. The number of nitrogens with two attached hydrogens (primary N) is 1.